The van der Waals surface area contributed by atoms with Crippen LogP contribution in [0.1, 0.15) is 17.0 Å². The topological polar surface area (TPSA) is 92.3 Å². The first-order valence-corrected chi connectivity index (χ1v) is 10.7. The molecule has 7 nitrogen and oxygen atoms in total. The minimum Gasteiger partial charge on any atom is -0.334 e. The van der Waals surface area contributed by atoms with Crippen molar-refractivity contribution in [1.29, 1.82) is 0 Å². The first-order chi connectivity index (χ1) is 14.0. The number of rotatable bonds is 4. The summed E-state index contributed by atoms with van der Waals surface area (Å²) in [5.74, 6) is 0. The van der Waals surface area contributed by atoms with Gasteiger partial charge in [0.2, 0.25) is 9.84 Å². The molecule has 0 atom stereocenters. The molecule has 0 fully saturated rings. The van der Waals surface area contributed by atoms with E-state index in [4.69, 9.17) is 0 Å². The maximum absolute atomic E-state index is 12.6. The van der Waals surface area contributed by atoms with Crippen LogP contribution in [-0.2, 0) is 29.3 Å². The third-order valence-electron chi connectivity index (χ3n) is 4.84. The normalized spacial score (nSPS) is 13.6. The van der Waals surface area contributed by atoms with Gasteiger partial charge in [-0.05, 0) is 29.8 Å². The van der Waals surface area contributed by atoms with Crippen molar-refractivity contribution in [3.8, 4) is 0 Å². The molecule has 2 aromatic carbocycles. The Labute approximate surface area is 169 Å². The molecule has 1 N–H and O–H groups in total. The SMILES string of the molecule is O=C(NCc1ccc(S(=O)(=O)c2ccccc2)cc1)N1CCc2nccnc2C1. The van der Waals surface area contributed by atoms with E-state index in [-0.39, 0.29) is 15.8 Å². The van der Waals surface area contributed by atoms with Gasteiger partial charge in [-0.1, -0.05) is 30.3 Å². The van der Waals surface area contributed by atoms with Gasteiger partial charge in [0, 0.05) is 31.9 Å². The zero-order chi connectivity index (χ0) is 20.3. The summed E-state index contributed by atoms with van der Waals surface area (Å²) in [6.45, 7) is 1.34. The molecule has 3 aromatic rings. The first kappa shape index (κ1) is 19.1. The maximum atomic E-state index is 12.6. The third-order valence-corrected chi connectivity index (χ3v) is 6.62. The van der Waals surface area contributed by atoms with Crippen LogP contribution in [0.25, 0.3) is 0 Å². The molecule has 8 heteroatoms. The van der Waals surface area contributed by atoms with Gasteiger partial charge in [0.05, 0.1) is 27.7 Å². The number of carbonyl (C=O) groups excluding carboxylic acids is 1. The lowest BCUT2D eigenvalue weighted by Crippen LogP contribution is -2.43. The fourth-order valence-corrected chi connectivity index (χ4v) is 4.50. The Balaban J connectivity index is 1.38. The lowest BCUT2D eigenvalue weighted by molar-refractivity contribution is 0.190. The molecule has 0 radical (unpaired) electrons. The van der Waals surface area contributed by atoms with Crippen LogP contribution in [-0.4, -0.2) is 35.9 Å². The Morgan fingerprint density at radius 1 is 0.931 bits per heavy atom. The fourth-order valence-electron chi connectivity index (χ4n) is 3.22. The monoisotopic (exact) mass is 408 g/mol. The Kier molecular flexibility index (Phi) is 5.26. The van der Waals surface area contributed by atoms with E-state index in [0.717, 1.165) is 17.0 Å². The number of urea groups is 1. The third kappa shape index (κ3) is 4.12. The number of sulfone groups is 1. The molecule has 0 spiro atoms. The zero-order valence-corrected chi connectivity index (χ0v) is 16.5. The van der Waals surface area contributed by atoms with Crippen molar-refractivity contribution in [2.75, 3.05) is 6.54 Å². The number of hydrogen-bond donors (Lipinski definition) is 1. The van der Waals surface area contributed by atoms with Crippen LogP contribution in [0.4, 0.5) is 4.79 Å². The quantitative estimate of drug-likeness (QED) is 0.716. The highest BCUT2D eigenvalue weighted by molar-refractivity contribution is 7.91. The molecule has 0 bridgehead atoms. The van der Waals surface area contributed by atoms with E-state index in [0.29, 0.717) is 26.1 Å². The Bertz CT molecular complexity index is 1120. The largest absolute Gasteiger partial charge is 0.334 e. The minimum absolute atomic E-state index is 0.178. The summed E-state index contributed by atoms with van der Waals surface area (Å²) in [6.07, 6.45) is 3.98. The summed E-state index contributed by atoms with van der Waals surface area (Å²) >= 11 is 0. The molecule has 1 aliphatic heterocycles. The molecular formula is C21H20N4O3S. The predicted octanol–water partition coefficient (Wildman–Crippen LogP) is 2.58. The number of fused-ring (bicyclic) bond motifs is 1. The molecule has 29 heavy (non-hydrogen) atoms. The summed E-state index contributed by atoms with van der Waals surface area (Å²) in [6, 6.07) is 14.7. The van der Waals surface area contributed by atoms with Crippen molar-refractivity contribution in [1.82, 2.24) is 20.2 Å². The molecule has 1 aliphatic rings. The molecule has 0 aliphatic carbocycles. The smallest absolute Gasteiger partial charge is 0.318 e. The van der Waals surface area contributed by atoms with Gasteiger partial charge in [-0.15, -0.1) is 0 Å². The van der Waals surface area contributed by atoms with E-state index in [1.54, 1.807) is 71.9 Å². The van der Waals surface area contributed by atoms with E-state index >= 15 is 0 Å². The number of amides is 2. The Hall–Kier alpha value is -3.26. The molecule has 0 saturated heterocycles. The number of nitrogens with one attached hydrogen (secondary N) is 1. The molecule has 4 rings (SSSR count). The summed E-state index contributed by atoms with van der Waals surface area (Å²) in [7, 11) is -3.54. The number of benzene rings is 2. The van der Waals surface area contributed by atoms with Crippen LogP contribution in [0.2, 0.25) is 0 Å². The average Bonchev–Trinajstić information content (AvgIpc) is 2.78. The van der Waals surface area contributed by atoms with Crippen molar-refractivity contribution in [3.05, 3.63) is 83.9 Å². The van der Waals surface area contributed by atoms with Gasteiger partial charge in [0.25, 0.3) is 0 Å². The zero-order valence-electron chi connectivity index (χ0n) is 15.7. The van der Waals surface area contributed by atoms with Gasteiger partial charge in [0.1, 0.15) is 0 Å². The highest BCUT2D eigenvalue weighted by atomic mass is 32.2. The van der Waals surface area contributed by atoms with Gasteiger partial charge < -0.3 is 10.2 Å². The van der Waals surface area contributed by atoms with Gasteiger partial charge >= 0.3 is 6.03 Å². The summed E-state index contributed by atoms with van der Waals surface area (Å²) < 4.78 is 25.3. The highest BCUT2D eigenvalue weighted by Crippen LogP contribution is 2.21. The standard InChI is InChI=1S/C21H20N4O3S/c26-21(25-13-10-19-20(15-25)23-12-11-22-19)24-14-16-6-8-18(9-7-16)29(27,28)17-4-2-1-3-5-17/h1-9,11-12H,10,13-15H2,(H,24,26). The lowest BCUT2D eigenvalue weighted by Gasteiger charge is -2.27. The van der Waals surface area contributed by atoms with Gasteiger partial charge in [-0.2, -0.15) is 0 Å². The van der Waals surface area contributed by atoms with E-state index in [1.807, 2.05) is 0 Å². The van der Waals surface area contributed by atoms with Crippen molar-refractivity contribution >= 4 is 15.9 Å². The molecule has 148 valence electrons. The van der Waals surface area contributed by atoms with E-state index in [2.05, 4.69) is 15.3 Å². The number of nitrogens with zero attached hydrogens (tertiary/aromatic N) is 3. The Morgan fingerprint density at radius 2 is 1.59 bits per heavy atom. The summed E-state index contributed by atoms with van der Waals surface area (Å²) in [5.41, 5.74) is 2.58. The summed E-state index contributed by atoms with van der Waals surface area (Å²) in [4.78, 5) is 23.2. The second-order valence-corrected chi connectivity index (χ2v) is 8.69. The second-order valence-electron chi connectivity index (χ2n) is 6.74. The van der Waals surface area contributed by atoms with Gasteiger partial charge in [0.15, 0.2) is 0 Å². The average molecular weight is 408 g/mol. The fraction of sp³-hybridized carbons (Fsp3) is 0.190. The van der Waals surface area contributed by atoms with E-state index in [9.17, 15) is 13.2 Å². The van der Waals surface area contributed by atoms with E-state index < -0.39 is 9.84 Å². The van der Waals surface area contributed by atoms with Crippen LogP contribution in [0.3, 0.4) is 0 Å². The van der Waals surface area contributed by atoms with Gasteiger partial charge in [-0.25, -0.2) is 13.2 Å². The number of hydrogen-bond acceptors (Lipinski definition) is 5. The predicted molar refractivity (Wildman–Crippen MR) is 107 cm³/mol. The number of aromatic nitrogens is 2. The van der Waals surface area contributed by atoms with Crippen molar-refractivity contribution in [2.45, 2.75) is 29.3 Å². The molecule has 1 aromatic heterocycles. The molecule has 0 unspecified atom stereocenters. The highest BCUT2D eigenvalue weighted by Gasteiger charge is 2.22. The van der Waals surface area contributed by atoms with Gasteiger partial charge in [-0.3, -0.25) is 9.97 Å². The second kappa shape index (κ2) is 8.00. The van der Waals surface area contributed by atoms with Crippen LogP contribution in [0.15, 0.2) is 76.8 Å². The van der Waals surface area contributed by atoms with Crippen LogP contribution >= 0.6 is 0 Å². The first-order valence-electron chi connectivity index (χ1n) is 9.24. The Morgan fingerprint density at radius 3 is 2.31 bits per heavy atom. The van der Waals surface area contributed by atoms with Crippen molar-refractivity contribution in [2.24, 2.45) is 0 Å². The molecule has 2 amide bonds. The van der Waals surface area contributed by atoms with E-state index in [1.165, 1.54) is 0 Å². The number of carbonyl (C=O) groups is 1. The van der Waals surface area contributed by atoms with Crippen LogP contribution in [0.5, 0.6) is 0 Å². The van der Waals surface area contributed by atoms with Crippen molar-refractivity contribution < 1.29 is 13.2 Å². The van der Waals surface area contributed by atoms with Crippen LogP contribution in [0, 0.1) is 0 Å². The lowest BCUT2D eigenvalue weighted by atomic mass is 10.1. The molecule has 0 saturated carbocycles. The van der Waals surface area contributed by atoms with Crippen LogP contribution < -0.4 is 5.32 Å². The molecule has 2 heterocycles. The minimum atomic E-state index is -3.54. The maximum Gasteiger partial charge on any atom is 0.318 e. The van der Waals surface area contributed by atoms with Crippen molar-refractivity contribution in [3.63, 3.8) is 0 Å². The molecular weight excluding hydrogens is 388 g/mol. The summed E-state index contributed by atoms with van der Waals surface area (Å²) in [5, 5.41) is 2.88.